The van der Waals surface area contributed by atoms with Crippen LogP contribution in [-0.2, 0) is 16.0 Å². The van der Waals surface area contributed by atoms with E-state index in [4.69, 9.17) is 4.42 Å². The molecule has 1 fully saturated rings. The molecule has 0 spiro atoms. The maximum Gasteiger partial charge on any atom is 0.247 e. The quantitative estimate of drug-likeness (QED) is 0.772. The predicted octanol–water partition coefficient (Wildman–Crippen LogP) is 1.73. The minimum Gasteiger partial charge on any atom is -0.469 e. The number of nitrogens with zero attached hydrogens (tertiary/aromatic N) is 1. The van der Waals surface area contributed by atoms with Crippen molar-refractivity contribution in [3.05, 3.63) is 24.2 Å². The lowest BCUT2D eigenvalue weighted by molar-refractivity contribution is -0.141. The van der Waals surface area contributed by atoms with Crippen LogP contribution < -0.4 is 5.32 Å². The van der Waals surface area contributed by atoms with E-state index in [1.165, 1.54) is 4.90 Å². The molecular formula is C15H22N2O3. The monoisotopic (exact) mass is 278 g/mol. The Morgan fingerprint density at radius 3 is 2.75 bits per heavy atom. The smallest absolute Gasteiger partial charge is 0.247 e. The Bertz CT molecular complexity index is 452. The predicted molar refractivity (Wildman–Crippen MR) is 75.0 cm³/mol. The lowest BCUT2D eigenvalue weighted by Crippen LogP contribution is -2.44. The second-order valence-corrected chi connectivity index (χ2v) is 5.11. The number of amides is 2. The number of likely N-dealkylation sites (tertiary alicyclic amines) is 1. The van der Waals surface area contributed by atoms with Crippen molar-refractivity contribution in [3.63, 3.8) is 0 Å². The summed E-state index contributed by atoms with van der Waals surface area (Å²) in [4.78, 5) is 25.7. The highest BCUT2D eigenvalue weighted by Gasteiger charge is 2.40. The standard InChI is InChI=1S/C15H22N2O3/c1-3-11(4-2)17-14(18)10-13(15(17)19)16-8-7-12-6-5-9-20-12/h5-6,9,11,13,16H,3-4,7-8,10H2,1-2H3. The highest BCUT2D eigenvalue weighted by atomic mass is 16.3. The van der Waals surface area contributed by atoms with Crippen LogP contribution in [0.2, 0.25) is 0 Å². The summed E-state index contributed by atoms with van der Waals surface area (Å²) < 4.78 is 5.24. The average molecular weight is 278 g/mol. The molecule has 1 aliphatic heterocycles. The fourth-order valence-corrected chi connectivity index (χ4v) is 2.67. The third-order valence-corrected chi connectivity index (χ3v) is 3.83. The van der Waals surface area contributed by atoms with Crippen LogP contribution in [0.15, 0.2) is 22.8 Å². The Morgan fingerprint density at radius 2 is 2.15 bits per heavy atom. The Labute approximate surface area is 119 Å². The fraction of sp³-hybridized carbons (Fsp3) is 0.600. The first-order chi connectivity index (χ1) is 9.67. The molecule has 0 bridgehead atoms. The maximum atomic E-state index is 12.3. The van der Waals surface area contributed by atoms with Crippen LogP contribution in [0.5, 0.6) is 0 Å². The SMILES string of the molecule is CCC(CC)N1C(=O)CC(NCCc2ccco2)C1=O. The number of hydrogen-bond donors (Lipinski definition) is 1. The highest BCUT2D eigenvalue weighted by molar-refractivity contribution is 6.05. The van der Waals surface area contributed by atoms with Gasteiger partial charge < -0.3 is 9.73 Å². The van der Waals surface area contributed by atoms with Gasteiger partial charge in [-0.2, -0.15) is 0 Å². The van der Waals surface area contributed by atoms with Gasteiger partial charge in [0.15, 0.2) is 0 Å². The molecule has 2 heterocycles. The highest BCUT2D eigenvalue weighted by Crippen LogP contribution is 2.20. The van der Waals surface area contributed by atoms with Crippen molar-refractivity contribution >= 4 is 11.8 Å². The Hall–Kier alpha value is -1.62. The minimum atomic E-state index is -0.377. The van der Waals surface area contributed by atoms with Crippen LogP contribution >= 0.6 is 0 Å². The summed E-state index contributed by atoms with van der Waals surface area (Å²) in [5.74, 6) is 0.744. The Balaban J connectivity index is 1.87. The van der Waals surface area contributed by atoms with Gasteiger partial charge in [0, 0.05) is 19.0 Å². The largest absolute Gasteiger partial charge is 0.469 e. The van der Waals surface area contributed by atoms with Crippen molar-refractivity contribution in [1.29, 1.82) is 0 Å². The van der Waals surface area contributed by atoms with Crippen LogP contribution in [0.1, 0.15) is 38.9 Å². The van der Waals surface area contributed by atoms with E-state index < -0.39 is 0 Å². The van der Waals surface area contributed by atoms with Crippen LogP contribution in [0.3, 0.4) is 0 Å². The van der Waals surface area contributed by atoms with Gasteiger partial charge in [0.25, 0.3) is 0 Å². The second-order valence-electron chi connectivity index (χ2n) is 5.11. The minimum absolute atomic E-state index is 0.0341. The van der Waals surface area contributed by atoms with Gasteiger partial charge in [-0.05, 0) is 25.0 Å². The molecule has 20 heavy (non-hydrogen) atoms. The molecule has 0 saturated carbocycles. The normalized spacial score (nSPS) is 19.4. The van der Waals surface area contributed by atoms with Gasteiger partial charge in [-0.15, -0.1) is 0 Å². The van der Waals surface area contributed by atoms with Crippen molar-refractivity contribution in [2.75, 3.05) is 6.54 Å². The fourth-order valence-electron chi connectivity index (χ4n) is 2.67. The molecule has 1 unspecified atom stereocenters. The third kappa shape index (κ3) is 3.10. The molecule has 1 atom stereocenters. The molecule has 5 heteroatoms. The van der Waals surface area contributed by atoms with Crippen LogP contribution in [0.25, 0.3) is 0 Å². The summed E-state index contributed by atoms with van der Waals surface area (Å²) in [7, 11) is 0. The lowest BCUT2D eigenvalue weighted by atomic mass is 10.1. The summed E-state index contributed by atoms with van der Waals surface area (Å²) >= 11 is 0. The number of imide groups is 1. The van der Waals surface area contributed by atoms with E-state index in [0.717, 1.165) is 25.0 Å². The zero-order valence-electron chi connectivity index (χ0n) is 12.1. The van der Waals surface area contributed by atoms with E-state index in [9.17, 15) is 9.59 Å². The van der Waals surface area contributed by atoms with Crippen molar-refractivity contribution in [1.82, 2.24) is 10.2 Å². The van der Waals surface area contributed by atoms with Crippen molar-refractivity contribution in [2.45, 2.75) is 51.6 Å². The number of carbonyl (C=O) groups is 2. The number of carbonyl (C=O) groups excluding carboxylic acids is 2. The van der Waals surface area contributed by atoms with Crippen LogP contribution in [0, 0.1) is 0 Å². The Morgan fingerprint density at radius 1 is 1.40 bits per heavy atom. The molecule has 2 amide bonds. The molecule has 5 nitrogen and oxygen atoms in total. The average Bonchev–Trinajstić information content (AvgIpc) is 3.04. The summed E-state index contributed by atoms with van der Waals surface area (Å²) in [6, 6.07) is 3.40. The summed E-state index contributed by atoms with van der Waals surface area (Å²) in [6.45, 7) is 4.65. The molecule has 0 radical (unpaired) electrons. The van der Waals surface area contributed by atoms with Crippen molar-refractivity contribution in [2.24, 2.45) is 0 Å². The van der Waals surface area contributed by atoms with Gasteiger partial charge in [-0.1, -0.05) is 13.8 Å². The summed E-state index contributed by atoms with van der Waals surface area (Å²) in [5, 5.41) is 3.16. The van der Waals surface area contributed by atoms with Gasteiger partial charge >= 0.3 is 0 Å². The van der Waals surface area contributed by atoms with E-state index in [1.54, 1.807) is 6.26 Å². The van der Waals surface area contributed by atoms with Crippen molar-refractivity contribution < 1.29 is 14.0 Å². The number of nitrogens with one attached hydrogen (secondary N) is 1. The first-order valence-electron chi connectivity index (χ1n) is 7.29. The maximum absolute atomic E-state index is 12.3. The summed E-state index contributed by atoms with van der Waals surface area (Å²) in [6.07, 6.45) is 4.25. The van der Waals surface area contributed by atoms with Crippen molar-refractivity contribution in [3.8, 4) is 0 Å². The van der Waals surface area contributed by atoms with Gasteiger partial charge in [0.05, 0.1) is 18.7 Å². The first kappa shape index (κ1) is 14.8. The molecular weight excluding hydrogens is 256 g/mol. The zero-order valence-corrected chi connectivity index (χ0v) is 12.1. The molecule has 0 aliphatic carbocycles. The van der Waals surface area contributed by atoms with E-state index >= 15 is 0 Å². The number of rotatable bonds is 7. The molecule has 0 aromatic carbocycles. The van der Waals surface area contributed by atoms with Gasteiger partial charge in [0.1, 0.15) is 5.76 Å². The molecule has 1 N–H and O–H groups in total. The second kappa shape index (κ2) is 6.70. The number of hydrogen-bond acceptors (Lipinski definition) is 4. The number of furan rings is 1. The van der Waals surface area contributed by atoms with E-state index in [2.05, 4.69) is 5.32 Å². The molecule has 110 valence electrons. The molecule has 1 aromatic rings. The zero-order chi connectivity index (χ0) is 14.5. The van der Waals surface area contributed by atoms with Gasteiger partial charge in [0.2, 0.25) is 11.8 Å². The molecule has 1 aromatic heterocycles. The Kier molecular flexibility index (Phi) is 4.95. The topological polar surface area (TPSA) is 62.6 Å². The van der Waals surface area contributed by atoms with E-state index in [-0.39, 0.29) is 30.3 Å². The van der Waals surface area contributed by atoms with Gasteiger partial charge in [-0.25, -0.2) is 0 Å². The van der Waals surface area contributed by atoms with Gasteiger partial charge in [-0.3, -0.25) is 14.5 Å². The van der Waals surface area contributed by atoms with E-state index in [0.29, 0.717) is 6.54 Å². The summed E-state index contributed by atoms with van der Waals surface area (Å²) in [5.41, 5.74) is 0. The molecule has 1 saturated heterocycles. The molecule has 2 rings (SSSR count). The third-order valence-electron chi connectivity index (χ3n) is 3.83. The molecule has 1 aliphatic rings. The lowest BCUT2D eigenvalue weighted by Gasteiger charge is -2.24. The first-order valence-corrected chi connectivity index (χ1v) is 7.29. The van der Waals surface area contributed by atoms with Crippen LogP contribution in [0.4, 0.5) is 0 Å². The van der Waals surface area contributed by atoms with E-state index in [1.807, 2.05) is 26.0 Å². The van der Waals surface area contributed by atoms with Crippen LogP contribution in [-0.4, -0.2) is 35.3 Å².